The highest BCUT2D eigenvalue weighted by Crippen LogP contribution is 2.20. The number of aliphatic hydroxyl groups is 1. The summed E-state index contributed by atoms with van der Waals surface area (Å²) < 4.78 is 33.7. The van der Waals surface area contributed by atoms with Crippen LogP contribution in [0.3, 0.4) is 0 Å². The lowest BCUT2D eigenvalue weighted by Gasteiger charge is -2.19. The van der Waals surface area contributed by atoms with Crippen LogP contribution in [-0.4, -0.2) is 65.4 Å². The molecule has 1 heterocycles. The molecule has 176 valence electrons. The molecule has 1 aromatic heterocycles. The number of aromatic nitrogens is 2. The number of hydrogen-bond acceptors (Lipinski definition) is 10. The Morgan fingerprint density at radius 2 is 1.84 bits per heavy atom. The van der Waals surface area contributed by atoms with Crippen molar-refractivity contribution in [1.29, 1.82) is 5.41 Å². The van der Waals surface area contributed by atoms with Gasteiger partial charge >= 0.3 is 5.97 Å². The number of hydrogen-bond donors (Lipinski definition) is 9. The second-order valence-corrected chi connectivity index (χ2v) is 8.06. The number of guanidine groups is 1. The average molecular weight is 465 g/mol. The fourth-order valence-electron chi connectivity index (χ4n) is 2.33. The van der Waals surface area contributed by atoms with Gasteiger partial charge in [-0.2, -0.15) is 17.9 Å². The van der Waals surface area contributed by atoms with Gasteiger partial charge in [-0.3, -0.25) is 15.0 Å². The molecule has 0 aliphatic carbocycles. The number of amides is 1. The first-order valence-electron chi connectivity index (χ1n) is 8.98. The number of carbonyl (C=O) groups is 2. The standard InChI is InChI=1S/C14H27N9O7S/c1-6(24)10(13(26)27)23-31(28,29)22-8(5-9(16)25)12-21-20-11(30-12)7(15)3-2-4-19-14(17)18/h6-8,10,22-24H,2-5,15H2,1H3,(H2,16,25)(H,26,27)(H4,17,18,19)/t6?,7-,8-,10?/m0/s1. The Morgan fingerprint density at radius 3 is 2.35 bits per heavy atom. The number of nitrogens with zero attached hydrogens (tertiary/aromatic N) is 2. The first-order valence-corrected chi connectivity index (χ1v) is 10.5. The summed E-state index contributed by atoms with van der Waals surface area (Å²) in [5.41, 5.74) is 16.2. The third-order valence-electron chi connectivity index (χ3n) is 3.81. The third-order valence-corrected chi connectivity index (χ3v) is 4.97. The molecule has 12 N–H and O–H groups in total. The van der Waals surface area contributed by atoms with Crippen molar-refractivity contribution in [2.75, 3.05) is 6.54 Å². The molecule has 1 aromatic rings. The average Bonchev–Trinajstić information content (AvgIpc) is 3.11. The number of carbonyl (C=O) groups excluding carboxylic acids is 1. The zero-order valence-corrected chi connectivity index (χ0v) is 17.4. The lowest BCUT2D eigenvalue weighted by molar-refractivity contribution is -0.141. The van der Waals surface area contributed by atoms with Crippen molar-refractivity contribution >= 4 is 28.0 Å². The highest BCUT2D eigenvalue weighted by atomic mass is 32.2. The van der Waals surface area contributed by atoms with E-state index < -0.39 is 52.7 Å². The van der Waals surface area contributed by atoms with Crippen LogP contribution in [0, 0.1) is 5.41 Å². The van der Waals surface area contributed by atoms with Crippen LogP contribution in [0.15, 0.2) is 4.42 Å². The van der Waals surface area contributed by atoms with E-state index in [4.69, 9.17) is 32.1 Å². The first-order chi connectivity index (χ1) is 14.3. The van der Waals surface area contributed by atoms with E-state index in [1.807, 2.05) is 4.72 Å². The molecule has 0 saturated heterocycles. The lowest BCUT2D eigenvalue weighted by Crippen LogP contribution is -2.52. The largest absolute Gasteiger partial charge is 0.480 e. The van der Waals surface area contributed by atoms with Gasteiger partial charge in [-0.1, -0.05) is 0 Å². The van der Waals surface area contributed by atoms with Crippen LogP contribution >= 0.6 is 0 Å². The minimum Gasteiger partial charge on any atom is -0.480 e. The van der Waals surface area contributed by atoms with E-state index in [0.717, 1.165) is 6.92 Å². The number of primary amides is 1. The summed E-state index contributed by atoms with van der Waals surface area (Å²) in [6, 6.07) is -3.97. The van der Waals surface area contributed by atoms with Crippen LogP contribution in [0.4, 0.5) is 0 Å². The summed E-state index contributed by atoms with van der Waals surface area (Å²) in [5, 5.41) is 35.5. The molecule has 0 aliphatic rings. The first kappa shape index (κ1) is 26.2. The lowest BCUT2D eigenvalue weighted by atomic mass is 10.1. The number of carboxylic acids is 1. The highest BCUT2D eigenvalue weighted by molar-refractivity contribution is 7.87. The van der Waals surface area contributed by atoms with Crippen LogP contribution in [0.5, 0.6) is 0 Å². The number of aliphatic carboxylic acids is 1. The summed E-state index contributed by atoms with van der Waals surface area (Å²) in [6.45, 7) is 1.47. The molecule has 0 saturated carbocycles. The predicted molar refractivity (Wildman–Crippen MR) is 105 cm³/mol. The Hall–Kier alpha value is -2.86. The van der Waals surface area contributed by atoms with E-state index in [2.05, 4.69) is 15.5 Å². The van der Waals surface area contributed by atoms with Crippen LogP contribution < -0.4 is 32.0 Å². The molecule has 2 unspecified atom stereocenters. The van der Waals surface area contributed by atoms with Crippen LogP contribution in [0.2, 0.25) is 0 Å². The smallest absolute Gasteiger partial charge is 0.324 e. The van der Waals surface area contributed by atoms with Gasteiger partial charge in [0.2, 0.25) is 17.7 Å². The SMILES string of the molecule is CC(O)C(NS(=O)(=O)N[C@@H](CC(N)=O)c1nnc([C@@H](N)CCCNC(=N)N)o1)C(=O)O. The van der Waals surface area contributed by atoms with Crippen molar-refractivity contribution in [2.45, 2.75) is 50.4 Å². The van der Waals surface area contributed by atoms with Crippen LogP contribution in [-0.2, 0) is 19.8 Å². The van der Waals surface area contributed by atoms with E-state index in [1.54, 1.807) is 4.72 Å². The number of nitrogens with one attached hydrogen (secondary N) is 4. The van der Waals surface area contributed by atoms with E-state index in [9.17, 15) is 23.1 Å². The zero-order chi connectivity index (χ0) is 23.8. The number of aliphatic hydroxyl groups excluding tert-OH is 1. The molecule has 31 heavy (non-hydrogen) atoms. The number of carboxylic acid groups (broad SMARTS) is 1. The molecular weight excluding hydrogens is 438 g/mol. The van der Waals surface area contributed by atoms with Crippen molar-refractivity contribution in [3.63, 3.8) is 0 Å². The van der Waals surface area contributed by atoms with Gasteiger partial charge < -0.3 is 37.1 Å². The minimum atomic E-state index is -4.55. The Kier molecular flexibility index (Phi) is 9.72. The second-order valence-electron chi connectivity index (χ2n) is 6.59. The summed E-state index contributed by atoms with van der Waals surface area (Å²) in [5.74, 6) is -3.06. The van der Waals surface area contributed by atoms with E-state index >= 15 is 0 Å². The van der Waals surface area contributed by atoms with Gasteiger partial charge in [0.15, 0.2) is 5.96 Å². The maximum Gasteiger partial charge on any atom is 0.324 e. The molecule has 1 amide bonds. The Bertz CT molecular complexity index is 873. The summed E-state index contributed by atoms with van der Waals surface area (Å²) in [6.07, 6.45) is -1.25. The molecule has 0 bridgehead atoms. The molecule has 0 spiro atoms. The number of rotatable bonds is 14. The maximum atomic E-state index is 12.3. The molecule has 0 aliphatic heterocycles. The van der Waals surface area contributed by atoms with Crippen molar-refractivity contribution < 1.29 is 32.6 Å². The predicted octanol–water partition coefficient (Wildman–Crippen LogP) is -3.49. The van der Waals surface area contributed by atoms with Gasteiger partial charge in [0.1, 0.15) is 12.1 Å². The van der Waals surface area contributed by atoms with Gasteiger partial charge in [0.25, 0.3) is 10.2 Å². The topological polar surface area (TPSA) is 286 Å². The molecular formula is C14H27N9O7S. The highest BCUT2D eigenvalue weighted by Gasteiger charge is 2.32. The monoisotopic (exact) mass is 465 g/mol. The fraction of sp³-hybridized carbons (Fsp3) is 0.643. The van der Waals surface area contributed by atoms with Gasteiger partial charge in [-0.25, -0.2) is 0 Å². The molecule has 16 nitrogen and oxygen atoms in total. The maximum absolute atomic E-state index is 12.3. The normalized spacial score (nSPS) is 15.6. The second kappa shape index (κ2) is 11.5. The Labute approximate surface area is 177 Å². The third kappa shape index (κ3) is 9.22. The van der Waals surface area contributed by atoms with Crippen molar-refractivity contribution in [1.82, 2.24) is 25.0 Å². The van der Waals surface area contributed by atoms with E-state index in [0.29, 0.717) is 19.4 Å². The summed E-state index contributed by atoms with van der Waals surface area (Å²) in [4.78, 5) is 22.5. The van der Waals surface area contributed by atoms with E-state index in [1.165, 1.54) is 0 Å². The molecule has 4 atom stereocenters. The van der Waals surface area contributed by atoms with Gasteiger partial charge in [-0.15, -0.1) is 10.2 Å². The van der Waals surface area contributed by atoms with Crippen molar-refractivity contribution in [2.24, 2.45) is 17.2 Å². The van der Waals surface area contributed by atoms with Gasteiger partial charge in [0, 0.05) is 6.54 Å². The van der Waals surface area contributed by atoms with Crippen LogP contribution in [0.25, 0.3) is 0 Å². The molecule has 0 fully saturated rings. The molecule has 0 aromatic carbocycles. The summed E-state index contributed by atoms with van der Waals surface area (Å²) in [7, 11) is -4.55. The fourth-order valence-corrected chi connectivity index (χ4v) is 3.59. The van der Waals surface area contributed by atoms with E-state index in [-0.39, 0.29) is 17.7 Å². The van der Waals surface area contributed by atoms with Crippen LogP contribution in [0.1, 0.15) is 50.1 Å². The minimum absolute atomic E-state index is 0.0353. The number of nitrogens with two attached hydrogens (primary N) is 3. The van der Waals surface area contributed by atoms with Gasteiger partial charge in [0.05, 0.1) is 18.6 Å². The molecule has 1 rings (SSSR count). The Morgan fingerprint density at radius 1 is 1.23 bits per heavy atom. The quantitative estimate of drug-likeness (QED) is 0.0734. The zero-order valence-electron chi connectivity index (χ0n) is 16.6. The van der Waals surface area contributed by atoms with Crippen molar-refractivity contribution in [3.8, 4) is 0 Å². The molecule has 0 radical (unpaired) electrons. The van der Waals surface area contributed by atoms with Gasteiger partial charge in [-0.05, 0) is 19.8 Å². The molecule has 17 heteroatoms. The van der Waals surface area contributed by atoms with Crippen molar-refractivity contribution in [3.05, 3.63) is 11.8 Å². The summed E-state index contributed by atoms with van der Waals surface area (Å²) >= 11 is 0. The Balaban J connectivity index is 2.91.